The van der Waals surface area contributed by atoms with Gasteiger partial charge in [-0.3, -0.25) is 0 Å². The van der Waals surface area contributed by atoms with Crippen molar-refractivity contribution >= 4 is 17.5 Å². The molecule has 5 nitrogen and oxygen atoms in total. The molecule has 2 heterocycles. The summed E-state index contributed by atoms with van der Waals surface area (Å²) in [5, 5.41) is 13.4. The third-order valence-corrected chi connectivity index (χ3v) is 4.95. The molecule has 0 amide bonds. The lowest BCUT2D eigenvalue weighted by atomic mass is 10.1. The Morgan fingerprint density at radius 3 is 2.59 bits per heavy atom. The van der Waals surface area contributed by atoms with E-state index in [-0.39, 0.29) is 0 Å². The number of thioether (sulfide) groups is 1. The van der Waals surface area contributed by atoms with E-state index in [1.54, 1.807) is 23.9 Å². The number of ether oxygens (including phenoxy) is 1. The fraction of sp³-hybridized carbons (Fsp3) is 0.167. The van der Waals surface area contributed by atoms with E-state index in [1.807, 2.05) is 18.2 Å². The number of benzene rings is 2. The molecule has 0 saturated heterocycles. The minimum absolute atomic E-state index is 0.414. The van der Waals surface area contributed by atoms with Gasteiger partial charge in [-0.25, -0.2) is 0 Å². The number of nitrogens with zero attached hydrogens (tertiary/aromatic N) is 4. The second kappa shape index (κ2) is 6.73. The molecule has 0 unspecified atom stereocenters. The molecular weight excluding hydrogens is 377 g/mol. The molecule has 3 aromatic rings. The van der Waals surface area contributed by atoms with E-state index in [0.717, 1.165) is 17.7 Å². The van der Waals surface area contributed by atoms with Crippen molar-refractivity contribution in [1.82, 2.24) is 14.9 Å². The van der Waals surface area contributed by atoms with Crippen molar-refractivity contribution < 1.29 is 17.9 Å². The number of halogens is 3. The molecule has 27 heavy (non-hydrogen) atoms. The highest BCUT2D eigenvalue weighted by atomic mass is 32.2. The monoisotopic (exact) mass is 390 g/mol. The number of methoxy groups -OCH3 is 1. The summed E-state index contributed by atoms with van der Waals surface area (Å²) in [5.74, 6) is 1.58. The van der Waals surface area contributed by atoms with Crippen LogP contribution in [0.25, 0.3) is 11.4 Å². The zero-order valence-corrected chi connectivity index (χ0v) is 14.9. The Kier molecular flexibility index (Phi) is 4.39. The van der Waals surface area contributed by atoms with Crippen molar-refractivity contribution in [3.8, 4) is 17.1 Å². The predicted molar refractivity (Wildman–Crippen MR) is 96.1 cm³/mol. The molecule has 2 aromatic carbocycles. The average molecular weight is 390 g/mol. The largest absolute Gasteiger partial charge is 0.497 e. The van der Waals surface area contributed by atoms with Crippen LogP contribution in [0.15, 0.2) is 58.8 Å². The summed E-state index contributed by atoms with van der Waals surface area (Å²) in [6.07, 6.45) is -4.40. The summed E-state index contributed by atoms with van der Waals surface area (Å²) >= 11 is 1.38. The van der Waals surface area contributed by atoms with E-state index >= 15 is 0 Å². The standard InChI is InChI=1S/C18H13F3N4OS/c1-26-14-7-3-5-12(9-14)16-22-23-17-25(16)24-15(10-27-17)11-4-2-6-13(8-11)18(19,20)21/h2-9H,10H2,1H3. The second-order valence-electron chi connectivity index (χ2n) is 5.76. The van der Waals surface area contributed by atoms with Gasteiger partial charge in [0.2, 0.25) is 5.16 Å². The normalized spacial score (nSPS) is 13.9. The Morgan fingerprint density at radius 1 is 1.04 bits per heavy atom. The van der Waals surface area contributed by atoms with Gasteiger partial charge in [0.05, 0.1) is 18.4 Å². The third kappa shape index (κ3) is 3.42. The maximum Gasteiger partial charge on any atom is 0.416 e. The van der Waals surface area contributed by atoms with Gasteiger partial charge >= 0.3 is 6.18 Å². The lowest BCUT2D eigenvalue weighted by Gasteiger charge is -2.15. The Morgan fingerprint density at radius 2 is 1.81 bits per heavy atom. The van der Waals surface area contributed by atoms with E-state index in [2.05, 4.69) is 15.3 Å². The van der Waals surface area contributed by atoms with Gasteiger partial charge in [0, 0.05) is 11.3 Å². The van der Waals surface area contributed by atoms with Gasteiger partial charge < -0.3 is 4.74 Å². The first-order valence-corrected chi connectivity index (χ1v) is 8.92. The van der Waals surface area contributed by atoms with Crippen LogP contribution in [0.4, 0.5) is 13.2 Å². The maximum atomic E-state index is 13.0. The fourth-order valence-corrected chi connectivity index (χ4v) is 3.52. The lowest BCUT2D eigenvalue weighted by Crippen LogP contribution is -2.15. The number of fused-ring (bicyclic) bond motifs is 1. The van der Waals surface area contributed by atoms with Gasteiger partial charge in [-0.15, -0.1) is 10.2 Å². The molecule has 4 rings (SSSR count). The van der Waals surface area contributed by atoms with Crippen molar-refractivity contribution in [2.24, 2.45) is 5.10 Å². The summed E-state index contributed by atoms with van der Waals surface area (Å²) in [7, 11) is 1.57. The highest BCUT2D eigenvalue weighted by Gasteiger charge is 2.31. The van der Waals surface area contributed by atoms with E-state index in [1.165, 1.54) is 17.8 Å². The van der Waals surface area contributed by atoms with Crippen LogP contribution in [-0.4, -0.2) is 33.4 Å². The molecule has 1 aliphatic heterocycles. The molecule has 1 aromatic heterocycles. The molecule has 0 fully saturated rings. The van der Waals surface area contributed by atoms with Crippen LogP contribution < -0.4 is 4.74 Å². The van der Waals surface area contributed by atoms with Gasteiger partial charge in [0.15, 0.2) is 5.82 Å². The van der Waals surface area contributed by atoms with E-state index in [0.29, 0.717) is 33.8 Å². The summed E-state index contributed by atoms with van der Waals surface area (Å²) in [6, 6.07) is 12.4. The molecule has 0 spiro atoms. The van der Waals surface area contributed by atoms with E-state index in [9.17, 15) is 13.2 Å². The summed E-state index contributed by atoms with van der Waals surface area (Å²) in [6.45, 7) is 0. The third-order valence-electron chi connectivity index (χ3n) is 4.02. The quantitative estimate of drug-likeness (QED) is 0.668. The van der Waals surface area contributed by atoms with Crippen LogP contribution in [0, 0.1) is 0 Å². The molecule has 0 saturated carbocycles. The van der Waals surface area contributed by atoms with E-state index < -0.39 is 11.7 Å². The summed E-state index contributed by atoms with van der Waals surface area (Å²) in [5.41, 5.74) is 1.01. The van der Waals surface area contributed by atoms with Crippen molar-refractivity contribution in [3.63, 3.8) is 0 Å². The van der Waals surface area contributed by atoms with Gasteiger partial charge in [-0.2, -0.15) is 22.9 Å². The van der Waals surface area contributed by atoms with Gasteiger partial charge in [0.25, 0.3) is 0 Å². The maximum absolute atomic E-state index is 13.0. The molecule has 0 bridgehead atoms. The van der Waals surface area contributed by atoms with Crippen LogP contribution in [0.2, 0.25) is 0 Å². The van der Waals surface area contributed by atoms with Crippen LogP contribution in [0.3, 0.4) is 0 Å². The molecule has 138 valence electrons. The molecule has 0 aliphatic carbocycles. The van der Waals surface area contributed by atoms with Gasteiger partial charge in [-0.1, -0.05) is 36.0 Å². The molecule has 9 heteroatoms. The Balaban J connectivity index is 1.76. The van der Waals surface area contributed by atoms with Crippen molar-refractivity contribution in [2.45, 2.75) is 11.3 Å². The zero-order valence-electron chi connectivity index (χ0n) is 14.1. The minimum Gasteiger partial charge on any atom is -0.497 e. The van der Waals surface area contributed by atoms with Crippen molar-refractivity contribution in [2.75, 3.05) is 12.9 Å². The number of hydrogen-bond donors (Lipinski definition) is 0. The van der Waals surface area contributed by atoms with Gasteiger partial charge in [-0.05, 0) is 29.8 Å². The van der Waals surface area contributed by atoms with Crippen LogP contribution in [0.1, 0.15) is 11.1 Å². The number of rotatable bonds is 3. The second-order valence-corrected chi connectivity index (χ2v) is 6.71. The van der Waals surface area contributed by atoms with Gasteiger partial charge in [0.1, 0.15) is 5.75 Å². The SMILES string of the molecule is COc1cccc(-c2nnc3n2N=C(c2cccc(C(F)(F)F)c2)CS3)c1. The molecular formula is C18H13F3N4OS. The average Bonchev–Trinajstić information content (AvgIpc) is 3.10. The summed E-state index contributed by atoms with van der Waals surface area (Å²) in [4.78, 5) is 0. The van der Waals surface area contributed by atoms with E-state index in [4.69, 9.17) is 4.74 Å². The van der Waals surface area contributed by atoms with Crippen molar-refractivity contribution in [3.05, 3.63) is 59.7 Å². The predicted octanol–water partition coefficient (Wildman–Crippen LogP) is 4.33. The first kappa shape index (κ1) is 17.6. The molecule has 0 radical (unpaired) electrons. The highest BCUT2D eigenvalue weighted by molar-refractivity contribution is 7.99. The van der Waals surface area contributed by atoms with Crippen LogP contribution in [0.5, 0.6) is 5.75 Å². The Labute approximate surface area is 156 Å². The zero-order chi connectivity index (χ0) is 19.0. The number of alkyl halides is 3. The lowest BCUT2D eigenvalue weighted by molar-refractivity contribution is -0.137. The first-order valence-electron chi connectivity index (χ1n) is 7.94. The number of hydrogen-bond acceptors (Lipinski definition) is 5. The van der Waals surface area contributed by atoms with Crippen LogP contribution >= 0.6 is 11.8 Å². The smallest absolute Gasteiger partial charge is 0.416 e. The molecule has 1 aliphatic rings. The number of aromatic nitrogens is 3. The minimum atomic E-state index is -4.40. The van der Waals surface area contributed by atoms with Crippen molar-refractivity contribution in [1.29, 1.82) is 0 Å². The molecule has 0 N–H and O–H groups in total. The highest BCUT2D eigenvalue weighted by Crippen LogP contribution is 2.32. The Bertz CT molecular complexity index is 1030. The Hall–Kier alpha value is -2.81. The van der Waals surface area contributed by atoms with Crippen LogP contribution in [-0.2, 0) is 6.18 Å². The first-order chi connectivity index (χ1) is 13.0. The molecule has 0 atom stereocenters. The fourth-order valence-electron chi connectivity index (χ4n) is 2.69. The topological polar surface area (TPSA) is 52.3 Å². The summed E-state index contributed by atoms with van der Waals surface area (Å²) < 4.78 is 45.8.